The van der Waals surface area contributed by atoms with E-state index >= 15 is 0 Å². The largest absolute Gasteiger partial charge is 0.395 e. The van der Waals surface area contributed by atoms with Crippen molar-refractivity contribution >= 4 is 11.6 Å². The van der Waals surface area contributed by atoms with Crippen LogP contribution in [0.25, 0.3) is 0 Å². The molecule has 20 heavy (non-hydrogen) atoms. The first kappa shape index (κ1) is 13.5. The number of nitrogen functional groups attached to an aromatic ring is 1. The van der Waals surface area contributed by atoms with Gasteiger partial charge in [0.2, 0.25) is 0 Å². The molecule has 0 aromatic carbocycles. The van der Waals surface area contributed by atoms with E-state index in [9.17, 15) is 4.79 Å². The van der Waals surface area contributed by atoms with E-state index in [2.05, 4.69) is 10.2 Å². The van der Waals surface area contributed by atoms with Crippen LogP contribution in [-0.4, -0.2) is 33.6 Å². The van der Waals surface area contributed by atoms with Crippen molar-refractivity contribution in [1.82, 2.24) is 15.1 Å². The van der Waals surface area contributed by atoms with Gasteiger partial charge in [0, 0.05) is 18.5 Å². The van der Waals surface area contributed by atoms with Crippen molar-refractivity contribution in [3.8, 4) is 0 Å². The van der Waals surface area contributed by atoms with Gasteiger partial charge in [-0.1, -0.05) is 19.3 Å². The molecule has 0 spiro atoms. The summed E-state index contributed by atoms with van der Waals surface area (Å²) in [7, 11) is 0. The van der Waals surface area contributed by atoms with Crippen LogP contribution in [0.5, 0.6) is 0 Å². The second kappa shape index (κ2) is 5.46. The van der Waals surface area contributed by atoms with Crippen molar-refractivity contribution in [2.24, 2.45) is 0 Å². The molecule has 5 nitrogen and oxygen atoms in total. The van der Waals surface area contributed by atoms with Crippen LogP contribution in [0, 0.1) is 0 Å². The van der Waals surface area contributed by atoms with Gasteiger partial charge < -0.3 is 10.6 Å². The summed E-state index contributed by atoms with van der Waals surface area (Å²) < 4.78 is 0. The Kier molecular flexibility index (Phi) is 3.68. The fourth-order valence-corrected chi connectivity index (χ4v) is 3.31. The molecule has 1 heterocycles. The van der Waals surface area contributed by atoms with Crippen molar-refractivity contribution in [2.45, 2.75) is 63.8 Å². The molecule has 1 aromatic rings. The zero-order valence-corrected chi connectivity index (χ0v) is 12.2. The standard InChI is InChI=1S/C15H24N4O/c1-2-19(11-6-4-3-5-7-11)15(20)14-12(16)13(17-18-14)10-8-9-10/h10-11H,2-9,16H2,1H3,(H,17,18). The van der Waals surface area contributed by atoms with E-state index in [0.29, 0.717) is 23.3 Å². The maximum Gasteiger partial charge on any atom is 0.276 e. The summed E-state index contributed by atoms with van der Waals surface area (Å²) in [6, 6.07) is 0.363. The van der Waals surface area contributed by atoms with Crippen LogP contribution in [0.2, 0.25) is 0 Å². The van der Waals surface area contributed by atoms with E-state index in [4.69, 9.17) is 5.73 Å². The minimum Gasteiger partial charge on any atom is -0.395 e. The van der Waals surface area contributed by atoms with E-state index < -0.39 is 0 Å². The molecule has 0 bridgehead atoms. The SMILES string of the molecule is CCN(C(=O)c1n[nH]c(C2CC2)c1N)C1CCCCC1. The summed E-state index contributed by atoms with van der Waals surface area (Å²) in [4.78, 5) is 14.7. The number of carbonyl (C=O) groups excluding carboxylic acids is 1. The molecule has 5 heteroatoms. The van der Waals surface area contributed by atoms with Gasteiger partial charge in [-0.05, 0) is 32.6 Å². The Morgan fingerprint density at radius 3 is 2.60 bits per heavy atom. The predicted molar refractivity (Wildman–Crippen MR) is 78.6 cm³/mol. The molecule has 2 aliphatic carbocycles. The number of carbonyl (C=O) groups is 1. The molecule has 1 aromatic heterocycles. The van der Waals surface area contributed by atoms with Gasteiger partial charge in [0.1, 0.15) is 0 Å². The molecule has 0 atom stereocenters. The molecule has 0 saturated heterocycles. The zero-order valence-electron chi connectivity index (χ0n) is 12.2. The second-order valence-electron chi connectivity index (χ2n) is 6.06. The Bertz CT molecular complexity index is 486. The monoisotopic (exact) mass is 276 g/mol. The molecule has 0 radical (unpaired) electrons. The first-order valence-corrected chi connectivity index (χ1v) is 7.87. The molecule has 3 N–H and O–H groups in total. The van der Waals surface area contributed by atoms with Gasteiger partial charge in [0.05, 0.1) is 11.4 Å². The van der Waals surface area contributed by atoms with Gasteiger partial charge >= 0.3 is 0 Å². The number of rotatable bonds is 4. The molecule has 2 aliphatic rings. The summed E-state index contributed by atoms with van der Waals surface area (Å²) >= 11 is 0. The van der Waals surface area contributed by atoms with E-state index in [0.717, 1.165) is 37.9 Å². The molecule has 1 amide bonds. The quantitative estimate of drug-likeness (QED) is 0.887. The number of amides is 1. The molecule has 0 unspecified atom stereocenters. The summed E-state index contributed by atoms with van der Waals surface area (Å²) in [6.45, 7) is 2.77. The Morgan fingerprint density at radius 2 is 2.00 bits per heavy atom. The molecule has 110 valence electrons. The highest BCUT2D eigenvalue weighted by atomic mass is 16.2. The van der Waals surface area contributed by atoms with Gasteiger partial charge in [-0.2, -0.15) is 5.10 Å². The average molecular weight is 276 g/mol. The lowest BCUT2D eigenvalue weighted by molar-refractivity contribution is 0.0643. The fourth-order valence-electron chi connectivity index (χ4n) is 3.31. The average Bonchev–Trinajstić information content (AvgIpc) is 3.24. The molecule has 2 fully saturated rings. The first-order valence-electron chi connectivity index (χ1n) is 7.87. The first-order chi connectivity index (χ1) is 9.72. The third-order valence-corrected chi connectivity index (χ3v) is 4.64. The van der Waals surface area contributed by atoms with Gasteiger partial charge in [0.15, 0.2) is 5.69 Å². The highest BCUT2D eigenvalue weighted by Gasteiger charge is 2.33. The number of nitrogens with zero attached hydrogens (tertiary/aromatic N) is 2. The Labute approximate surface area is 119 Å². The second-order valence-corrected chi connectivity index (χ2v) is 6.06. The van der Waals surface area contributed by atoms with Crippen molar-refractivity contribution in [1.29, 1.82) is 0 Å². The predicted octanol–water partition coefficient (Wildman–Crippen LogP) is 2.66. The van der Waals surface area contributed by atoms with Gasteiger partial charge in [-0.25, -0.2) is 0 Å². The lowest BCUT2D eigenvalue weighted by Gasteiger charge is -2.33. The Balaban J connectivity index is 1.78. The van der Waals surface area contributed by atoms with Crippen LogP contribution in [-0.2, 0) is 0 Å². The highest BCUT2D eigenvalue weighted by molar-refractivity contribution is 5.98. The third kappa shape index (κ3) is 2.41. The fraction of sp³-hybridized carbons (Fsp3) is 0.733. The van der Waals surface area contributed by atoms with Crippen LogP contribution < -0.4 is 5.73 Å². The molecular weight excluding hydrogens is 252 g/mol. The van der Waals surface area contributed by atoms with Crippen LogP contribution in [0.4, 0.5) is 5.69 Å². The molecule has 2 saturated carbocycles. The van der Waals surface area contributed by atoms with Crippen molar-refractivity contribution in [2.75, 3.05) is 12.3 Å². The minimum atomic E-state index is 0.0000463. The number of nitrogens with one attached hydrogen (secondary N) is 1. The Morgan fingerprint density at radius 1 is 1.30 bits per heavy atom. The van der Waals surface area contributed by atoms with Crippen LogP contribution in [0.15, 0.2) is 0 Å². The van der Waals surface area contributed by atoms with E-state index in [1.165, 1.54) is 19.3 Å². The normalized spacial score (nSPS) is 20.1. The van der Waals surface area contributed by atoms with Crippen LogP contribution in [0.1, 0.15) is 74.0 Å². The number of hydrogen-bond donors (Lipinski definition) is 2. The smallest absolute Gasteiger partial charge is 0.276 e. The summed E-state index contributed by atoms with van der Waals surface area (Å²) in [5.74, 6) is 0.494. The van der Waals surface area contributed by atoms with Gasteiger partial charge in [0.25, 0.3) is 5.91 Å². The maximum atomic E-state index is 12.7. The number of aromatic nitrogens is 2. The van der Waals surface area contributed by atoms with Gasteiger partial charge in [-0.3, -0.25) is 9.89 Å². The minimum absolute atomic E-state index is 0.0000463. The number of anilines is 1. The van der Waals surface area contributed by atoms with E-state index in [-0.39, 0.29) is 5.91 Å². The molecule has 0 aliphatic heterocycles. The summed E-state index contributed by atoms with van der Waals surface area (Å²) in [5.41, 5.74) is 8.10. The van der Waals surface area contributed by atoms with E-state index in [1.54, 1.807) is 0 Å². The summed E-state index contributed by atoms with van der Waals surface area (Å²) in [5, 5.41) is 7.18. The number of H-pyrrole nitrogens is 1. The zero-order chi connectivity index (χ0) is 14.1. The maximum absolute atomic E-state index is 12.7. The molecular formula is C15H24N4O. The lowest BCUT2D eigenvalue weighted by Crippen LogP contribution is -2.41. The number of aromatic amines is 1. The third-order valence-electron chi connectivity index (χ3n) is 4.64. The van der Waals surface area contributed by atoms with Crippen molar-refractivity contribution in [3.05, 3.63) is 11.4 Å². The number of nitrogens with two attached hydrogens (primary N) is 1. The van der Waals surface area contributed by atoms with Crippen molar-refractivity contribution in [3.63, 3.8) is 0 Å². The summed E-state index contributed by atoms with van der Waals surface area (Å²) in [6.07, 6.45) is 8.26. The topological polar surface area (TPSA) is 75.0 Å². The highest BCUT2D eigenvalue weighted by Crippen LogP contribution is 2.42. The van der Waals surface area contributed by atoms with E-state index in [1.807, 2.05) is 11.8 Å². The van der Waals surface area contributed by atoms with Crippen LogP contribution in [0.3, 0.4) is 0 Å². The van der Waals surface area contributed by atoms with Crippen molar-refractivity contribution < 1.29 is 4.79 Å². The Hall–Kier alpha value is -1.52. The van der Waals surface area contributed by atoms with Crippen LogP contribution >= 0.6 is 0 Å². The van der Waals surface area contributed by atoms with Gasteiger partial charge in [-0.15, -0.1) is 0 Å². The number of hydrogen-bond acceptors (Lipinski definition) is 3. The lowest BCUT2D eigenvalue weighted by atomic mass is 9.94. The molecule has 3 rings (SSSR count).